The summed E-state index contributed by atoms with van der Waals surface area (Å²) < 4.78 is 6.60. The van der Waals surface area contributed by atoms with Gasteiger partial charge in [0.25, 0.3) is 5.91 Å². The van der Waals surface area contributed by atoms with Gasteiger partial charge in [0.1, 0.15) is 11.9 Å². The van der Waals surface area contributed by atoms with E-state index in [9.17, 15) is 19.7 Å². The molecule has 0 unspecified atom stereocenters. The molecule has 1 N–H and O–H groups in total. The molecule has 0 bridgehead atoms. The Kier molecular flexibility index (Phi) is 4.98. The van der Waals surface area contributed by atoms with Gasteiger partial charge in [-0.25, -0.2) is 9.78 Å². The van der Waals surface area contributed by atoms with Crippen molar-refractivity contribution >= 4 is 33.3 Å². The number of rotatable bonds is 5. The lowest BCUT2D eigenvalue weighted by Crippen LogP contribution is -2.14. The Morgan fingerprint density at radius 1 is 1.46 bits per heavy atom. The minimum Gasteiger partial charge on any atom is -0.461 e. The van der Waals surface area contributed by atoms with Crippen LogP contribution < -0.4 is 5.32 Å². The maximum atomic E-state index is 12.5. The molecule has 0 fully saturated rings. The number of nitrogens with one attached hydrogen (secondary N) is 1. The van der Waals surface area contributed by atoms with Gasteiger partial charge in [0.2, 0.25) is 0 Å². The Morgan fingerprint density at radius 3 is 2.67 bits per heavy atom. The van der Waals surface area contributed by atoms with Gasteiger partial charge in [-0.2, -0.15) is 0 Å². The van der Waals surface area contributed by atoms with Crippen molar-refractivity contribution in [3.8, 4) is 0 Å². The van der Waals surface area contributed by atoms with Crippen molar-refractivity contribution in [1.29, 1.82) is 0 Å². The maximum Gasteiger partial charge on any atom is 0.355 e. The van der Waals surface area contributed by atoms with E-state index in [-0.39, 0.29) is 16.7 Å². The van der Waals surface area contributed by atoms with Gasteiger partial charge in [0.15, 0.2) is 5.13 Å². The molecular formula is C14H16N4O5S. The molecule has 0 saturated heterocycles. The number of nitrogens with zero attached hydrogens (tertiary/aromatic N) is 3. The summed E-state index contributed by atoms with van der Waals surface area (Å²) in [4.78, 5) is 38.4. The standard InChI is InChI=1S/C14H16N4O5S/c1-5-23-13(20)11-7(2)10(8(3)17(11)4)12(19)16-14-15-6-9(24-14)18(21)22/h6H,5H2,1-4H3,(H,15,16,19). The molecule has 2 rings (SSSR count). The number of anilines is 1. The second kappa shape index (κ2) is 6.79. The quantitative estimate of drug-likeness (QED) is 0.502. The van der Waals surface area contributed by atoms with Crippen molar-refractivity contribution in [2.45, 2.75) is 20.8 Å². The van der Waals surface area contributed by atoms with Crippen molar-refractivity contribution in [1.82, 2.24) is 9.55 Å². The van der Waals surface area contributed by atoms with E-state index in [0.717, 1.165) is 17.5 Å². The summed E-state index contributed by atoms with van der Waals surface area (Å²) in [5.41, 5.74) is 1.68. The Balaban J connectivity index is 2.34. The highest BCUT2D eigenvalue weighted by atomic mass is 32.1. The van der Waals surface area contributed by atoms with Crippen LogP contribution in [0.5, 0.6) is 0 Å². The van der Waals surface area contributed by atoms with Gasteiger partial charge >= 0.3 is 11.0 Å². The SMILES string of the molecule is CCOC(=O)c1c(C)c(C(=O)Nc2ncc([N+](=O)[O-])s2)c(C)n1C. The molecule has 0 aliphatic rings. The molecule has 9 nitrogen and oxygen atoms in total. The molecule has 0 spiro atoms. The molecule has 2 aromatic rings. The zero-order valence-electron chi connectivity index (χ0n) is 13.6. The van der Waals surface area contributed by atoms with E-state index < -0.39 is 16.8 Å². The molecule has 24 heavy (non-hydrogen) atoms. The van der Waals surface area contributed by atoms with Crippen LogP contribution in [0.1, 0.15) is 39.0 Å². The number of thiazole rings is 1. The number of carbonyl (C=O) groups excluding carboxylic acids is 2. The highest BCUT2D eigenvalue weighted by Gasteiger charge is 2.26. The van der Waals surface area contributed by atoms with Crippen LogP contribution in [0.15, 0.2) is 6.20 Å². The van der Waals surface area contributed by atoms with Crippen molar-refractivity contribution in [3.63, 3.8) is 0 Å². The van der Waals surface area contributed by atoms with Crippen LogP contribution in [0.25, 0.3) is 0 Å². The van der Waals surface area contributed by atoms with Gasteiger partial charge in [-0.05, 0) is 37.7 Å². The lowest BCUT2D eigenvalue weighted by Gasteiger charge is -2.05. The fourth-order valence-electron chi connectivity index (χ4n) is 2.37. The summed E-state index contributed by atoms with van der Waals surface area (Å²) in [5.74, 6) is -0.995. The summed E-state index contributed by atoms with van der Waals surface area (Å²) in [7, 11) is 1.67. The van der Waals surface area contributed by atoms with Gasteiger partial charge in [0.05, 0.1) is 17.1 Å². The normalized spacial score (nSPS) is 10.5. The number of aromatic nitrogens is 2. The second-order valence-electron chi connectivity index (χ2n) is 4.93. The number of carbonyl (C=O) groups is 2. The number of hydrogen-bond acceptors (Lipinski definition) is 7. The van der Waals surface area contributed by atoms with Crippen LogP contribution in [0, 0.1) is 24.0 Å². The summed E-state index contributed by atoms with van der Waals surface area (Å²) in [5, 5.41) is 13.1. The first-order valence-electron chi connectivity index (χ1n) is 7.02. The van der Waals surface area contributed by atoms with E-state index in [1.165, 1.54) is 0 Å². The first-order chi connectivity index (χ1) is 11.3. The van der Waals surface area contributed by atoms with Crippen LogP contribution in [-0.4, -0.2) is 33.0 Å². The minimum absolute atomic E-state index is 0.118. The van der Waals surface area contributed by atoms with Gasteiger partial charge in [-0.15, -0.1) is 0 Å². The molecule has 0 radical (unpaired) electrons. The highest BCUT2D eigenvalue weighted by Crippen LogP contribution is 2.27. The molecule has 0 aromatic carbocycles. The van der Waals surface area contributed by atoms with E-state index in [2.05, 4.69) is 10.3 Å². The van der Waals surface area contributed by atoms with Gasteiger partial charge < -0.3 is 9.30 Å². The lowest BCUT2D eigenvalue weighted by molar-refractivity contribution is -0.380. The Morgan fingerprint density at radius 2 is 2.12 bits per heavy atom. The van der Waals surface area contributed by atoms with E-state index in [4.69, 9.17) is 4.74 Å². The van der Waals surface area contributed by atoms with Crippen LogP contribution in [0.3, 0.4) is 0 Å². The fourth-order valence-corrected chi connectivity index (χ4v) is 3.00. The summed E-state index contributed by atoms with van der Waals surface area (Å²) in [6.45, 7) is 5.28. The third-order valence-electron chi connectivity index (χ3n) is 3.52. The monoisotopic (exact) mass is 352 g/mol. The van der Waals surface area contributed by atoms with Gasteiger partial charge in [-0.1, -0.05) is 0 Å². The average Bonchev–Trinajstić information content (AvgIpc) is 3.04. The largest absolute Gasteiger partial charge is 0.461 e. The van der Waals surface area contributed by atoms with Crippen LogP contribution >= 0.6 is 11.3 Å². The number of hydrogen-bond donors (Lipinski definition) is 1. The predicted octanol–water partition coefficient (Wildman–Crippen LogP) is 2.44. The Bertz CT molecular complexity index is 823. The smallest absolute Gasteiger partial charge is 0.355 e. The van der Waals surface area contributed by atoms with Gasteiger partial charge in [0, 0.05) is 12.7 Å². The number of ether oxygens (including phenoxy) is 1. The number of amides is 1. The van der Waals surface area contributed by atoms with Crippen LogP contribution in [-0.2, 0) is 11.8 Å². The first-order valence-corrected chi connectivity index (χ1v) is 7.84. The van der Waals surface area contributed by atoms with E-state index in [1.54, 1.807) is 32.4 Å². The molecule has 0 aliphatic carbocycles. The predicted molar refractivity (Wildman–Crippen MR) is 87.6 cm³/mol. The fraction of sp³-hybridized carbons (Fsp3) is 0.357. The van der Waals surface area contributed by atoms with Crippen LogP contribution in [0.4, 0.5) is 10.1 Å². The molecule has 1 amide bonds. The van der Waals surface area contributed by atoms with Crippen LogP contribution in [0.2, 0.25) is 0 Å². The topological polar surface area (TPSA) is 116 Å². The third-order valence-corrected chi connectivity index (χ3v) is 4.38. The van der Waals surface area contributed by atoms with Gasteiger partial charge in [-0.3, -0.25) is 20.2 Å². The van der Waals surface area contributed by atoms with Crippen molar-refractivity contribution in [3.05, 3.63) is 38.8 Å². The Hall–Kier alpha value is -2.75. The molecule has 0 saturated carbocycles. The zero-order chi connectivity index (χ0) is 18.0. The van der Waals surface area contributed by atoms with E-state index in [1.807, 2.05) is 0 Å². The third kappa shape index (κ3) is 3.13. The number of nitro groups is 1. The average molecular weight is 352 g/mol. The molecule has 10 heteroatoms. The summed E-state index contributed by atoms with van der Waals surface area (Å²) >= 11 is 0.761. The molecule has 0 aliphatic heterocycles. The molecule has 2 aromatic heterocycles. The van der Waals surface area contributed by atoms with Crippen molar-refractivity contribution < 1.29 is 19.2 Å². The van der Waals surface area contributed by atoms with E-state index in [0.29, 0.717) is 22.5 Å². The summed E-state index contributed by atoms with van der Waals surface area (Å²) in [6, 6.07) is 0. The molecule has 2 heterocycles. The first kappa shape index (κ1) is 17.6. The minimum atomic E-state index is -0.578. The van der Waals surface area contributed by atoms with Crippen molar-refractivity contribution in [2.75, 3.05) is 11.9 Å². The van der Waals surface area contributed by atoms with E-state index >= 15 is 0 Å². The highest BCUT2D eigenvalue weighted by molar-refractivity contribution is 7.18. The van der Waals surface area contributed by atoms with Crippen molar-refractivity contribution in [2.24, 2.45) is 7.05 Å². The molecular weight excluding hydrogens is 336 g/mol. The number of esters is 1. The second-order valence-corrected chi connectivity index (χ2v) is 5.94. The molecule has 0 atom stereocenters. The lowest BCUT2D eigenvalue weighted by atomic mass is 10.1. The Labute approximate surface area is 141 Å². The molecule has 128 valence electrons. The summed E-state index contributed by atoms with van der Waals surface area (Å²) in [6.07, 6.45) is 1.08. The zero-order valence-corrected chi connectivity index (χ0v) is 14.4. The maximum absolute atomic E-state index is 12.5.